The third kappa shape index (κ3) is 6.04. The number of ketones is 1. The molecule has 7 nitrogen and oxygen atoms in total. The second kappa shape index (κ2) is 10.2. The van der Waals surface area contributed by atoms with Crippen molar-refractivity contribution in [2.45, 2.75) is 58.2 Å². The summed E-state index contributed by atoms with van der Waals surface area (Å²) >= 11 is 0. The Hall–Kier alpha value is -2.92. The van der Waals surface area contributed by atoms with Crippen molar-refractivity contribution in [2.75, 3.05) is 6.61 Å². The molecule has 0 radical (unpaired) electrons. The van der Waals surface area contributed by atoms with Crippen molar-refractivity contribution in [3.05, 3.63) is 36.0 Å². The molecule has 0 amide bonds. The quantitative estimate of drug-likeness (QED) is 0.649. The first-order chi connectivity index (χ1) is 14.4. The average molecular weight is 412 g/mol. The summed E-state index contributed by atoms with van der Waals surface area (Å²) in [5.74, 6) is 0.454. The molecule has 0 spiro atoms. The molecule has 2 heterocycles. The van der Waals surface area contributed by atoms with Crippen LogP contribution in [-0.4, -0.2) is 39.5 Å². The summed E-state index contributed by atoms with van der Waals surface area (Å²) in [6.45, 7) is 4.20. The van der Waals surface area contributed by atoms with Crippen molar-refractivity contribution in [3.8, 4) is 23.3 Å². The number of hydrogen-bond donors (Lipinski definition) is 0. The number of rotatable bonds is 8. The van der Waals surface area contributed by atoms with Gasteiger partial charge in [-0.15, -0.1) is 0 Å². The molecule has 1 aliphatic carbocycles. The summed E-state index contributed by atoms with van der Waals surface area (Å²) in [5.41, 5.74) is 0.813. The lowest BCUT2D eigenvalue weighted by molar-refractivity contribution is -0.118. The van der Waals surface area contributed by atoms with Gasteiger partial charge in [0.15, 0.2) is 11.6 Å². The number of ether oxygens (including phenoxy) is 2. The van der Waals surface area contributed by atoms with Crippen LogP contribution >= 0.6 is 0 Å². The molecular weight excluding hydrogens is 387 g/mol. The molecule has 0 saturated heterocycles. The number of hydrogen-bond acceptors (Lipinski definition) is 7. The second-order valence-corrected chi connectivity index (χ2v) is 7.77. The first-order valence-electron chi connectivity index (χ1n) is 10.1. The molecule has 1 atom stereocenters. The molecule has 158 valence electrons. The van der Waals surface area contributed by atoms with Gasteiger partial charge in [-0.3, -0.25) is 0 Å². The van der Waals surface area contributed by atoms with Crippen LogP contribution in [0.3, 0.4) is 0 Å². The number of nitrogens with zero attached hydrogens (tertiary/aromatic N) is 4. The Bertz CT molecular complexity index is 906. The molecule has 1 fully saturated rings. The fourth-order valence-corrected chi connectivity index (χ4v) is 3.53. The Morgan fingerprint density at radius 1 is 1.20 bits per heavy atom. The van der Waals surface area contributed by atoms with E-state index in [0.29, 0.717) is 24.4 Å². The summed E-state index contributed by atoms with van der Waals surface area (Å²) in [7, 11) is 0. The van der Waals surface area contributed by atoms with Crippen molar-refractivity contribution >= 4 is 5.78 Å². The Balaban J connectivity index is 1.54. The van der Waals surface area contributed by atoms with E-state index in [2.05, 4.69) is 21.0 Å². The highest BCUT2D eigenvalue weighted by Gasteiger charge is 2.25. The van der Waals surface area contributed by atoms with Crippen LogP contribution in [0.15, 0.2) is 24.7 Å². The van der Waals surface area contributed by atoms with Crippen LogP contribution in [0.4, 0.5) is 4.39 Å². The summed E-state index contributed by atoms with van der Waals surface area (Å²) in [6, 6.07) is 3.69. The van der Waals surface area contributed by atoms with E-state index < -0.39 is 5.82 Å². The molecule has 2 aromatic rings. The molecular formula is C22H25FN4O3. The summed E-state index contributed by atoms with van der Waals surface area (Å²) in [4.78, 5) is 23.3. The topological polar surface area (TPSA) is 98.0 Å². The third-order valence-electron chi connectivity index (χ3n) is 5.00. The van der Waals surface area contributed by atoms with Crippen LogP contribution in [-0.2, 0) is 9.53 Å². The standard InChI is InChI=1S/C22H25FN4O3/c1-14(7-15(2)28)13-29-19-3-5-20(6-4-19)30-22-16(9-24)8-17(10-27-22)21-25-11-18(23)12-26-21/h8,10-12,14,19-20H,3-7,13H2,1-2H3/t14-,19?,20?/m1/s1. The summed E-state index contributed by atoms with van der Waals surface area (Å²) < 4.78 is 24.9. The molecule has 8 heteroatoms. The lowest BCUT2D eigenvalue weighted by Gasteiger charge is -2.29. The molecule has 30 heavy (non-hydrogen) atoms. The fraction of sp³-hybridized carbons (Fsp3) is 0.500. The maximum absolute atomic E-state index is 13.0. The molecule has 0 unspecified atom stereocenters. The van der Waals surface area contributed by atoms with Crippen LogP contribution in [0.5, 0.6) is 5.88 Å². The number of carbonyl (C=O) groups is 1. The number of nitriles is 1. The van der Waals surface area contributed by atoms with Crippen molar-refractivity contribution in [3.63, 3.8) is 0 Å². The first-order valence-corrected chi connectivity index (χ1v) is 10.1. The number of pyridine rings is 1. The minimum atomic E-state index is -0.528. The van der Waals surface area contributed by atoms with Gasteiger partial charge >= 0.3 is 0 Å². The van der Waals surface area contributed by atoms with Gasteiger partial charge < -0.3 is 14.3 Å². The molecule has 1 saturated carbocycles. The predicted octanol–water partition coefficient (Wildman–Crippen LogP) is 3.87. The van der Waals surface area contributed by atoms with E-state index in [9.17, 15) is 14.4 Å². The van der Waals surface area contributed by atoms with Crippen LogP contribution < -0.4 is 4.74 Å². The van der Waals surface area contributed by atoms with Gasteiger partial charge in [-0.25, -0.2) is 19.3 Å². The maximum Gasteiger partial charge on any atom is 0.231 e. The lowest BCUT2D eigenvalue weighted by Crippen LogP contribution is -2.30. The highest BCUT2D eigenvalue weighted by molar-refractivity contribution is 5.75. The smallest absolute Gasteiger partial charge is 0.231 e. The normalized spacial score (nSPS) is 19.7. The highest BCUT2D eigenvalue weighted by atomic mass is 19.1. The average Bonchev–Trinajstić information content (AvgIpc) is 2.73. The van der Waals surface area contributed by atoms with Gasteiger partial charge in [-0.05, 0) is 44.6 Å². The Kier molecular flexibility index (Phi) is 7.41. The molecule has 2 aromatic heterocycles. The lowest BCUT2D eigenvalue weighted by atomic mass is 9.94. The fourth-order valence-electron chi connectivity index (χ4n) is 3.53. The van der Waals surface area contributed by atoms with E-state index in [4.69, 9.17) is 9.47 Å². The largest absolute Gasteiger partial charge is 0.473 e. The third-order valence-corrected chi connectivity index (χ3v) is 5.00. The zero-order chi connectivity index (χ0) is 21.5. The highest BCUT2D eigenvalue weighted by Crippen LogP contribution is 2.28. The van der Waals surface area contributed by atoms with Gasteiger partial charge in [0.25, 0.3) is 0 Å². The van der Waals surface area contributed by atoms with Crippen molar-refractivity contribution in [2.24, 2.45) is 5.92 Å². The van der Waals surface area contributed by atoms with Gasteiger partial charge in [-0.1, -0.05) is 6.92 Å². The van der Waals surface area contributed by atoms with E-state index in [0.717, 1.165) is 38.1 Å². The minimum Gasteiger partial charge on any atom is -0.473 e. The number of carbonyl (C=O) groups excluding carboxylic acids is 1. The number of halogens is 1. The van der Waals surface area contributed by atoms with E-state index in [1.807, 2.05) is 6.92 Å². The monoisotopic (exact) mass is 412 g/mol. The Morgan fingerprint density at radius 2 is 1.87 bits per heavy atom. The van der Waals surface area contributed by atoms with E-state index >= 15 is 0 Å². The van der Waals surface area contributed by atoms with Gasteiger partial charge in [-0.2, -0.15) is 5.26 Å². The second-order valence-electron chi connectivity index (χ2n) is 7.77. The molecule has 3 rings (SSSR count). The summed E-state index contributed by atoms with van der Waals surface area (Å²) in [5, 5.41) is 9.47. The maximum atomic E-state index is 13.0. The zero-order valence-corrected chi connectivity index (χ0v) is 17.2. The molecule has 0 aliphatic heterocycles. The van der Waals surface area contributed by atoms with Crippen molar-refractivity contribution < 1.29 is 18.7 Å². The number of Topliss-reactive ketones (excluding diaryl/α,β-unsaturated/α-hetero) is 1. The predicted molar refractivity (Wildman–Crippen MR) is 107 cm³/mol. The van der Waals surface area contributed by atoms with E-state index in [1.54, 1.807) is 13.0 Å². The Labute approximate surface area is 175 Å². The SMILES string of the molecule is CC(=O)C[C@@H](C)COC1CCC(Oc2ncc(-c3ncc(F)cn3)cc2C#N)CC1. The van der Waals surface area contributed by atoms with Crippen LogP contribution in [0.2, 0.25) is 0 Å². The minimum absolute atomic E-state index is 0.0352. The van der Waals surface area contributed by atoms with Gasteiger partial charge in [0.2, 0.25) is 5.88 Å². The molecule has 0 aromatic carbocycles. The van der Waals surface area contributed by atoms with E-state index in [-0.39, 0.29) is 35.4 Å². The molecule has 0 bridgehead atoms. The van der Waals surface area contributed by atoms with Crippen LogP contribution in [0, 0.1) is 23.1 Å². The van der Waals surface area contributed by atoms with Crippen molar-refractivity contribution in [1.29, 1.82) is 5.26 Å². The van der Waals surface area contributed by atoms with Crippen LogP contribution in [0.1, 0.15) is 51.5 Å². The van der Waals surface area contributed by atoms with Gasteiger partial charge in [0.05, 0.1) is 18.5 Å². The van der Waals surface area contributed by atoms with Crippen LogP contribution in [0.25, 0.3) is 11.4 Å². The zero-order valence-electron chi connectivity index (χ0n) is 17.2. The van der Waals surface area contributed by atoms with Gasteiger partial charge in [0.1, 0.15) is 23.5 Å². The molecule has 1 aliphatic rings. The number of aromatic nitrogens is 3. The molecule has 0 N–H and O–H groups in total. The van der Waals surface area contributed by atoms with Gasteiger partial charge in [0, 0.05) is 24.8 Å². The first kappa shape index (κ1) is 21.8. The summed E-state index contributed by atoms with van der Waals surface area (Å²) in [6.07, 6.45) is 7.67. The van der Waals surface area contributed by atoms with E-state index in [1.165, 1.54) is 6.20 Å². The van der Waals surface area contributed by atoms with Crippen molar-refractivity contribution in [1.82, 2.24) is 15.0 Å². The Morgan fingerprint density at radius 3 is 2.50 bits per heavy atom.